The zero-order chi connectivity index (χ0) is 14.9. The van der Waals surface area contributed by atoms with Gasteiger partial charge in [0, 0.05) is 15.6 Å². The summed E-state index contributed by atoms with van der Waals surface area (Å²) in [6.45, 7) is 0. The molecule has 1 atom stereocenters. The van der Waals surface area contributed by atoms with Crippen LogP contribution in [0.2, 0.25) is 10.0 Å². The fraction of sp³-hybridized carbons (Fsp3) is 0.143. The molecule has 6 heteroatoms. The van der Waals surface area contributed by atoms with Crippen molar-refractivity contribution in [1.82, 2.24) is 0 Å². The van der Waals surface area contributed by atoms with E-state index in [0.29, 0.717) is 31.4 Å². The lowest BCUT2D eigenvalue weighted by Gasteiger charge is -2.16. The van der Waals surface area contributed by atoms with Gasteiger partial charge in [-0.1, -0.05) is 39.1 Å². The molecule has 1 unspecified atom stereocenters. The Morgan fingerprint density at radius 2 is 1.80 bits per heavy atom. The summed E-state index contributed by atoms with van der Waals surface area (Å²) in [5.74, 6) is 0.0900. The van der Waals surface area contributed by atoms with Crippen molar-refractivity contribution in [3.63, 3.8) is 0 Å². The van der Waals surface area contributed by atoms with E-state index in [0.717, 1.165) is 0 Å². The van der Waals surface area contributed by atoms with Crippen LogP contribution in [0.1, 0.15) is 16.5 Å². The van der Waals surface area contributed by atoms with Gasteiger partial charge in [0.25, 0.3) is 0 Å². The number of hydrogen-bond acceptors (Lipinski definition) is 1. The molecule has 0 saturated heterocycles. The number of methoxy groups -OCH3 is 1. The molecule has 0 amide bonds. The van der Waals surface area contributed by atoms with Crippen LogP contribution in [0.4, 0.5) is 4.39 Å². The van der Waals surface area contributed by atoms with E-state index in [-0.39, 0.29) is 5.82 Å². The molecular weight excluding hydrogens is 389 g/mol. The summed E-state index contributed by atoms with van der Waals surface area (Å²) in [6.07, 6.45) is 0. The molecule has 0 aliphatic carbocycles. The maximum absolute atomic E-state index is 13.4. The highest BCUT2D eigenvalue weighted by Gasteiger charge is 2.19. The number of alkyl halides is 1. The van der Waals surface area contributed by atoms with Crippen LogP contribution in [0.3, 0.4) is 0 Å². The molecule has 0 aliphatic rings. The van der Waals surface area contributed by atoms with Gasteiger partial charge in [-0.25, -0.2) is 4.39 Å². The van der Waals surface area contributed by atoms with Crippen LogP contribution < -0.4 is 4.74 Å². The minimum Gasteiger partial charge on any atom is -0.495 e. The number of rotatable bonds is 3. The highest BCUT2D eigenvalue weighted by Crippen LogP contribution is 2.41. The second-order valence-corrected chi connectivity index (χ2v) is 6.14. The smallest absolute Gasteiger partial charge is 0.138 e. The molecule has 2 rings (SSSR count). The van der Waals surface area contributed by atoms with Crippen LogP contribution in [0, 0.1) is 5.82 Å². The maximum atomic E-state index is 13.4. The van der Waals surface area contributed by atoms with E-state index in [1.54, 1.807) is 18.2 Å². The highest BCUT2D eigenvalue weighted by molar-refractivity contribution is 9.10. The summed E-state index contributed by atoms with van der Waals surface area (Å²) < 4.78 is 19.1. The number of hydrogen-bond donors (Lipinski definition) is 0. The van der Waals surface area contributed by atoms with Crippen molar-refractivity contribution in [2.24, 2.45) is 0 Å². The van der Waals surface area contributed by atoms with Gasteiger partial charge in [0.1, 0.15) is 11.6 Å². The fourth-order valence-electron chi connectivity index (χ4n) is 1.77. The standard InChI is InChI=1S/C14H9BrCl3FO/c1-20-13-6-11(16)9(5-12(13)17)14(18)8-4-7(19)2-3-10(8)15/h2-6,14H,1H3. The largest absolute Gasteiger partial charge is 0.495 e. The van der Waals surface area contributed by atoms with Gasteiger partial charge >= 0.3 is 0 Å². The first-order chi connectivity index (χ1) is 9.43. The van der Waals surface area contributed by atoms with E-state index < -0.39 is 5.38 Å². The first kappa shape index (κ1) is 15.9. The summed E-state index contributed by atoms with van der Waals surface area (Å²) in [6, 6.07) is 7.51. The predicted octanol–water partition coefficient (Wildman–Crippen LogP) is 6.23. The van der Waals surface area contributed by atoms with Crippen LogP contribution in [-0.4, -0.2) is 7.11 Å². The Morgan fingerprint density at radius 3 is 2.45 bits per heavy atom. The Morgan fingerprint density at radius 1 is 1.10 bits per heavy atom. The SMILES string of the molecule is COc1cc(Cl)c(C(Cl)c2cc(F)ccc2Br)cc1Cl. The molecule has 2 aromatic rings. The van der Waals surface area contributed by atoms with E-state index in [2.05, 4.69) is 15.9 Å². The Bertz CT molecular complexity index is 649. The Hall–Kier alpha value is -0.480. The second kappa shape index (κ2) is 6.52. The third-order valence-electron chi connectivity index (χ3n) is 2.78. The monoisotopic (exact) mass is 396 g/mol. The molecule has 0 fully saturated rings. The van der Waals surface area contributed by atoms with Gasteiger partial charge in [0.15, 0.2) is 0 Å². The quantitative estimate of drug-likeness (QED) is 0.557. The van der Waals surface area contributed by atoms with E-state index in [4.69, 9.17) is 39.5 Å². The molecule has 0 aromatic heterocycles. The lowest BCUT2D eigenvalue weighted by atomic mass is 10.0. The van der Waals surface area contributed by atoms with Gasteiger partial charge in [-0.15, -0.1) is 11.6 Å². The lowest BCUT2D eigenvalue weighted by Crippen LogP contribution is -1.98. The first-order valence-electron chi connectivity index (χ1n) is 5.56. The second-order valence-electron chi connectivity index (χ2n) is 4.04. The van der Waals surface area contributed by atoms with Crippen molar-refractivity contribution in [2.45, 2.75) is 5.38 Å². The molecule has 0 N–H and O–H groups in total. The average molecular weight is 398 g/mol. The van der Waals surface area contributed by atoms with Crippen molar-refractivity contribution in [3.8, 4) is 5.75 Å². The summed E-state index contributed by atoms with van der Waals surface area (Å²) in [7, 11) is 1.50. The Kier molecular flexibility index (Phi) is 5.19. The van der Waals surface area contributed by atoms with E-state index in [1.807, 2.05) is 0 Å². The predicted molar refractivity (Wildman–Crippen MR) is 84.8 cm³/mol. The summed E-state index contributed by atoms with van der Waals surface area (Å²) in [5.41, 5.74) is 1.17. The molecule has 106 valence electrons. The highest BCUT2D eigenvalue weighted by atomic mass is 79.9. The van der Waals surface area contributed by atoms with Crippen molar-refractivity contribution in [3.05, 3.63) is 61.8 Å². The molecule has 0 saturated carbocycles. The van der Waals surface area contributed by atoms with Crippen LogP contribution in [0.5, 0.6) is 5.75 Å². The molecule has 0 aliphatic heterocycles. The van der Waals surface area contributed by atoms with Crippen LogP contribution in [-0.2, 0) is 0 Å². The van der Waals surface area contributed by atoms with Crippen molar-refractivity contribution < 1.29 is 9.13 Å². The molecule has 2 aromatic carbocycles. The van der Waals surface area contributed by atoms with Crippen LogP contribution in [0.15, 0.2) is 34.8 Å². The lowest BCUT2D eigenvalue weighted by molar-refractivity contribution is 0.415. The maximum Gasteiger partial charge on any atom is 0.138 e. The Balaban J connectivity index is 2.50. The third-order valence-corrected chi connectivity index (χ3v) is 4.59. The van der Waals surface area contributed by atoms with Crippen molar-refractivity contribution in [1.29, 1.82) is 0 Å². The normalized spacial score (nSPS) is 12.3. The van der Waals surface area contributed by atoms with Gasteiger partial charge in [0.2, 0.25) is 0 Å². The minimum absolute atomic E-state index is 0.371. The molecular formula is C14H9BrCl3FO. The third kappa shape index (κ3) is 3.22. The van der Waals surface area contributed by atoms with Crippen LogP contribution >= 0.6 is 50.7 Å². The van der Waals surface area contributed by atoms with Gasteiger partial charge in [-0.2, -0.15) is 0 Å². The summed E-state index contributed by atoms with van der Waals surface area (Å²) in [4.78, 5) is 0. The number of halogens is 5. The molecule has 0 heterocycles. The van der Waals surface area contributed by atoms with E-state index >= 15 is 0 Å². The number of ether oxygens (including phenoxy) is 1. The van der Waals surface area contributed by atoms with Crippen LogP contribution in [0.25, 0.3) is 0 Å². The van der Waals surface area contributed by atoms with Crippen molar-refractivity contribution >= 4 is 50.7 Å². The van der Waals surface area contributed by atoms with E-state index in [1.165, 1.54) is 19.2 Å². The van der Waals surface area contributed by atoms with E-state index in [9.17, 15) is 4.39 Å². The zero-order valence-electron chi connectivity index (χ0n) is 10.3. The van der Waals surface area contributed by atoms with Gasteiger partial charge < -0.3 is 4.74 Å². The molecule has 1 nitrogen and oxygen atoms in total. The van der Waals surface area contributed by atoms with Gasteiger partial charge in [-0.3, -0.25) is 0 Å². The topological polar surface area (TPSA) is 9.23 Å². The first-order valence-corrected chi connectivity index (χ1v) is 7.54. The average Bonchev–Trinajstić information content (AvgIpc) is 2.42. The number of benzene rings is 2. The molecule has 0 radical (unpaired) electrons. The molecule has 0 spiro atoms. The summed E-state index contributed by atoms with van der Waals surface area (Å²) in [5, 5.41) is 0.170. The van der Waals surface area contributed by atoms with Gasteiger partial charge in [-0.05, 0) is 35.4 Å². The van der Waals surface area contributed by atoms with Crippen molar-refractivity contribution in [2.75, 3.05) is 7.11 Å². The zero-order valence-corrected chi connectivity index (χ0v) is 14.1. The summed E-state index contributed by atoms with van der Waals surface area (Å²) >= 11 is 22.0. The molecule has 0 bridgehead atoms. The van der Waals surface area contributed by atoms with Gasteiger partial charge in [0.05, 0.1) is 17.5 Å². The minimum atomic E-state index is -0.629. The molecule has 20 heavy (non-hydrogen) atoms. The Labute approximate surface area is 139 Å². The fourth-order valence-corrected chi connectivity index (χ4v) is 3.31.